The summed E-state index contributed by atoms with van der Waals surface area (Å²) in [4.78, 5) is 12.1. The van der Waals surface area contributed by atoms with Crippen LogP contribution in [0.5, 0.6) is 0 Å². The number of amides is 1. The summed E-state index contributed by atoms with van der Waals surface area (Å²) in [5.74, 6) is 0.430. The molecule has 1 N–H and O–H groups in total. The van der Waals surface area contributed by atoms with Crippen LogP contribution in [-0.2, 0) is 6.54 Å². The largest absolute Gasteiger partial charge is 0.361 e. The molecule has 20 heavy (non-hydrogen) atoms. The zero-order valence-electron chi connectivity index (χ0n) is 12.5. The van der Waals surface area contributed by atoms with Gasteiger partial charge in [-0.1, -0.05) is 5.16 Å². The average molecular weight is 276 g/mol. The van der Waals surface area contributed by atoms with Crippen LogP contribution in [-0.4, -0.2) is 26.9 Å². The van der Waals surface area contributed by atoms with Gasteiger partial charge in [0.05, 0.1) is 12.2 Å². The third kappa shape index (κ3) is 2.89. The van der Waals surface area contributed by atoms with Crippen molar-refractivity contribution in [3.8, 4) is 0 Å². The minimum atomic E-state index is -0.214. The number of hydrogen-bond donors (Lipinski definition) is 1. The van der Waals surface area contributed by atoms with Crippen molar-refractivity contribution in [3.63, 3.8) is 0 Å². The molecule has 2 rings (SSSR count). The molecule has 0 aromatic carbocycles. The zero-order chi connectivity index (χ0) is 14.9. The highest BCUT2D eigenvalue weighted by atomic mass is 16.5. The van der Waals surface area contributed by atoms with E-state index in [4.69, 9.17) is 4.52 Å². The first-order valence-corrected chi connectivity index (χ1v) is 6.65. The van der Waals surface area contributed by atoms with Crippen LogP contribution in [0.4, 0.5) is 0 Å². The molecule has 0 unspecified atom stereocenters. The second-order valence-corrected chi connectivity index (χ2v) is 5.28. The first-order valence-electron chi connectivity index (χ1n) is 6.65. The second kappa shape index (κ2) is 5.48. The van der Waals surface area contributed by atoms with Crippen LogP contribution in [0.15, 0.2) is 10.6 Å². The summed E-state index contributed by atoms with van der Waals surface area (Å²) in [7, 11) is 0. The normalized spacial score (nSPS) is 11.1. The van der Waals surface area contributed by atoms with E-state index in [0.717, 1.165) is 17.0 Å². The number of nitrogens with one attached hydrogen (secondary N) is 1. The van der Waals surface area contributed by atoms with Crippen molar-refractivity contribution in [3.05, 3.63) is 34.5 Å². The molecule has 0 spiro atoms. The molecule has 0 fully saturated rings. The highest BCUT2D eigenvalue weighted by molar-refractivity contribution is 5.93. The van der Waals surface area contributed by atoms with Crippen LogP contribution < -0.4 is 5.32 Å². The summed E-state index contributed by atoms with van der Waals surface area (Å²) in [6.45, 7) is 10.0. The maximum absolute atomic E-state index is 12.1. The van der Waals surface area contributed by atoms with Crippen molar-refractivity contribution in [2.75, 3.05) is 0 Å². The van der Waals surface area contributed by atoms with Crippen molar-refractivity contribution < 1.29 is 9.32 Å². The summed E-state index contributed by atoms with van der Waals surface area (Å²) >= 11 is 0. The molecule has 2 aromatic heterocycles. The number of carbonyl (C=O) groups is 1. The highest BCUT2D eigenvalue weighted by Gasteiger charge is 2.21. The molecule has 0 atom stereocenters. The van der Waals surface area contributed by atoms with Gasteiger partial charge < -0.3 is 9.84 Å². The lowest BCUT2D eigenvalue weighted by Crippen LogP contribution is -2.31. The van der Waals surface area contributed by atoms with Gasteiger partial charge in [-0.3, -0.25) is 9.48 Å². The lowest BCUT2D eigenvalue weighted by Gasteiger charge is -2.08. The Morgan fingerprint density at radius 2 is 2.10 bits per heavy atom. The topological polar surface area (TPSA) is 73.0 Å². The number of rotatable bonds is 4. The molecule has 2 heterocycles. The van der Waals surface area contributed by atoms with Crippen LogP contribution in [0.1, 0.15) is 47.0 Å². The lowest BCUT2D eigenvalue weighted by molar-refractivity contribution is 0.0933. The van der Waals surface area contributed by atoms with Crippen LogP contribution in [0, 0.1) is 20.8 Å². The molecule has 0 saturated carbocycles. The van der Waals surface area contributed by atoms with E-state index >= 15 is 0 Å². The van der Waals surface area contributed by atoms with Crippen LogP contribution in [0.2, 0.25) is 0 Å². The summed E-state index contributed by atoms with van der Waals surface area (Å²) in [6, 6.07) is 2.05. The van der Waals surface area contributed by atoms with Crippen molar-refractivity contribution >= 4 is 5.91 Å². The lowest BCUT2D eigenvalue weighted by atomic mass is 10.1. The van der Waals surface area contributed by atoms with E-state index in [1.54, 1.807) is 6.92 Å². The van der Waals surface area contributed by atoms with Crippen molar-refractivity contribution in [1.82, 2.24) is 20.3 Å². The van der Waals surface area contributed by atoms with E-state index in [0.29, 0.717) is 18.0 Å². The van der Waals surface area contributed by atoms with Crippen molar-refractivity contribution in [2.24, 2.45) is 0 Å². The van der Waals surface area contributed by atoms with Gasteiger partial charge in [-0.15, -0.1) is 0 Å². The maximum atomic E-state index is 12.1. The molecule has 0 saturated heterocycles. The average Bonchev–Trinajstić information content (AvgIpc) is 2.83. The minimum Gasteiger partial charge on any atom is -0.361 e. The fourth-order valence-electron chi connectivity index (χ4n) is 2.07. The molecule has 6 nitrogen and oxygen atoms in total. The summed E-state index contributed by atoms with van der Waals surface area (Å²) in [5.41, 5.74) is 3.10. The summed E-state index contributed by atoms with van der Waals surface area (Å²) in [6.07, 6.45) is 0. The van der Waals surface area contributed by atoms with Gasteiger partial charge in [-0.2, -0.15) is 5.10 Å². The van der Waals surface area contributed by atoms with Gasteiger partial charge in [0.15, 0.2) is 5.69 Å². The molecule has 0 aliphatic rings. The van der Waals surface area contributed by atoms with Crippen molar-refractivity contribution in [1.29, 1.82) is 0 Å². The number of nitrogens with zero attached hydrogens (tertiary/aromatic N) is 3. The Kier molecular flexibility index (Phi) is 3.92. The SMILES string of the molecule is Cc1cc(C)n(Cc2c(C(=O)NC(C)C)noc2C)n1. The Labute approximate surface area is 118 Å². The van der Waals surface area contributed by atoms with Crippen LogP contribution >= 0.6 is 0 Å². The number of aromatic nitrogens is 3. The molecule has 2 aromatic rings. The Morgan fingerprint density at radius 3 is 2.65 bits per heavy atom. The molecular weight excluding hydrogens is 256 g/mol. The Balaban J connectivity index is 2.30. The monoisotopic (exact) mass is 276 g/mol. The van der Waals surface area contributed by atoms with Crippen molar-refractivity contribution in [2.45, 2.75) is 47.2 Å². The molecule has 0 bridgehead atoms. The van der Waals surface area contributed by atoms with E-state index in [9.17, 15) is 4.79 Å². The van der Waals surface area contributed by atoms with Gasteiger partial charge in [-0.25, -0.2) is 0 Å². The molecule has 0 aliphatic carbocycles. The van der Waals surface area contributed by atoms with Crippen LogP contribution in [0.3, 0.4) is 0 Å². The number of hydrogen-bond acceptors (Lipinski definition) is 4. The van der Waals surface area contributed by atoms with Gasteiger partial charge in [0, 0.05) is 17.3 Å². The second-order valence-electron chi connectivity index (χ2n) is 5.28. The number of carbonyl (C=O) groups excluding carboxylic acids is 1. The Morgan fingerprint density at radius 1 is 1.40 bits per heavy atom. The maximum Gasteiger partial charge on any atom is 0.274 e. The number of aryl methyl sites for hydroxylation is 3. The van der Waals surface area contributed by atoms with Gasteiger partial charge >= 0.3 is 0 Å². The molecule has 1 amide bonds. The smallest absolute Gasteiger partial charge is 0.274 e. The van der Waals surface area contributed by atoms with Gasteiger partial charge in [-0.05, 0) is 40.7 Å². The third-order valence-corrected chi connectivity index (χ3v) is 3.03. The first-order chi connectivity index (χ1) is 9.38. The molecular formula is C14H20N4O2. The predicted octanol–water partition coefficient (Wildman–Crippen LogP) is 1.98. The van der Waals surface area contributed by atoms with Gasteiger partial charge in [0.2, 0.25) is 0 Å². The Hall–Kier alpha value is -2.11. The van der Waals surface area contributed by atoms with Crippen LogP contribution in [0.25, 0.3) is 0 Å². The minimum absolute atomic E-state index is 0.0565. The molecule has 0 radical (unpaired) electrons. The molecule has 0 aliphatic heterocycles. The zero-order valence-corrected chi connectivity index (χ0v) is 12.5. The molecule has 108 valence electrons. The fraction of sp³-hybridized carbons (Fsp3) is 0.500. The van der Waals surface area contributed by atoms with E-state index < -0.39 is 0 Å². The van der Waals surface area contributed by atoms with Gasteiger partial charge in [0.25, 0.3) is 5.91 Å². The van der Waals surface area contributed by atoms with E-state index in [1.165, 1.54) is 0 Å². The molecule has 6 heteroatoms. The van der Waals surface area contributed by atoms with Gasteiger partial charge in [0.1, 0.15) is 5.76 Å². The van der Waals surface area contributed by atoms with E-state index in [2.05, 4.69) is 15.6 Å². The first kappa shape index (κ1) is 14.3. The fourth-order valence-corrected chi connectivity index (χ4v) is 2.07. The highest BCUT2D eigenvalue weighted by Crippen LogP contribution is 2.16. The Bertz CT molecular complexity index is 625. The summed E-state index contributed by atoms with van der Waals surface area (Å²) < 4.78 is 7.01. The van der Waals surface area contributed by atoms with E-state index in [1.807, 2.05) is 38.4 Å². The van der Waals surface area contributed by atoms with E-state index in [-0.39, 0.29) is 11.9 Å². The standard InChI is InChI=1S/C14H20N4O2/c1-8(2)15-14(19)13-12(11(5)20-17-13)7-18-10(4)6-9(3)16-18/h6,8H,7H2,1-5H3,(H,15,19). The third-order valence-electron chi connectivity index (χ3n) is 3.03. The quantitative estimate of drug-likeness (QED) is 0.926. The predicted molar refractivity (Wildman–Crippen MR) is 74.6 cm³/mol. The summed E-state index contributed by atoms with van der Waals surface area (Å²) in [5, 5.41) is 11.1.